The first-order chi connectivity index (χ1) is 7.49. The van der Waals surface area contributed by atoms with E-state index in [9.17, 15) is 4.79 Å². The van der Waals surface area contributed by atoms with Crippen molar-refractivity contribution in [2.75, 3.05) is 0 Å². The van der Waals surface area contributed by atoms with Crippen LogP contribution in [0.5, 0.6) is 0 Å². The van der Waals surface area contributed by atoms with Crippen LogP contribution in [0.15, 0.2) is 22.7 Å². The molecule has 0 saturated carbocycles. The van der Waals surface area contributed by atoms with Gasteiger partial charge in [0.05, 0.1) is 0 Å². The Morgan fingerprint density at radius 1 is 1.62 bits per heavy atom. The van der Waals surface area contributed by atoms with Gasteiger partial charge in [-0.25, -0.2) is 0 Å². The summed E-state index contributed by atoms with van der Waals surface area (Å²) in [7, 11) is 0. The average molecular weight is 306 g/mol. The molecular weight excluding hydrogens is 291 g/mol. The van der Waals surface area contributed by atoms with Crippen molar-refractivity contribution >= 4 is 33.4 Å². The molecular formula is C11H14BrClN2O. The number of hydrogen-bond donors (Lipinski definition) is 2. The summed E-state index contributed by atoms with van der Waals surface area (Å²) in [4.78, 5) is 10.7. The molecule has 1 aromatic carbocycles. The van der Waals surface area contributed by atoms with Gasteiger partial charge in [-0.1, -0.05) is 33.6 Å². The van der Waals surface area contributed by atoms with Gasteiger partial charge in [0.25, 0.3) is 0 Å². The van der Waals surface area contributed by atoms with Crippen molar-refractivity contribution in [3.8, 4) is 0 Å². The van der Waals surface area contributed by atoms with Crippen LogP contribution < -0.4 is 11.1 Å². The maximum atomic E-state index is 10.7. The number of hydrogen-bond acceptors (Lipinski definition) is 2. The minimum Gasteiger partial charge on any atom is -0.370 e. The molecule has 1 unspecified atom stereocenters. The number of nitrogens with one attached hydrogen (secondary N) is 1. The molecule has 0 aliphatic heterocycles. The molecule has 3 N–H and O–H groups in total. The van der Waals surface area contributed by atoms with Crippen LogP contribution in [0.25, 0.3) is 0 Å². The van der Waals surface area contributed by atoms with Gasteiger partial charge in [0.1, 0.15) is 0 Å². The Morgan fingerprint density at radius 3 is 2.88 bits per heavy atom. The van der Waals surface area contributed by atoms with E-state index < -0.39 is 0 Å². The summed E-state index contributed by atoms with van der Waals surface area (Å²) in [6.45, 7) is 2.54. The van der Waals surface area contributed by atoms with E-state index in [0.717, 1.165) is 10.0 Å². The Hall–Kier alpha value is -0.580. The standard InChI is InChI=1S/C11H14BrClN2O/c1-7(4-11(14)16)15-6-8-2-3-9(12)5-10(8)13/h2-3,5,7,15H,4,6H2,1H3,(H2,14,16). The minimum absolute atomic E-state index is 0.0530. The van der Waals surface area contributed by atoms with E-state index in [-0.39, 0.29) is 11.9 Å². The van der Waals surface area contributed by atoms with E-state index in [0.29, 0.717) is 18.0 Å². The molecule has 0 heterocycles. The maximum Gasteiger partial charge on any atom is 0.218 e. The fourth-order valence-corrected chi connectivity index (χ4v) is 2.06. The molecule has 0 aromatic heterocycles. The minimum atomic E-state index is -0.304. The van der Waals surface area contributed by atoms with Gasteiger partial charge < -0.3 is 11.1 Å². The van der Waals surface area contributed by atoms with Gasteiger partial charge in [-0.3, -0.25) is 4.79 Å². The van der Waals surface area contributed by atoms with E-state index in [1.54, 1.807) is 0 Å². The summed E-state index contributed by atoms with van der Waals surface area (Å²) in [6.07, 6.45) is 0.328. The summed E-state index contributed by atoms with van der Waals surface area (Å²) in [5, 5.41) is 3.89. The summed E-state index contributed by atoms with van der Waals surface area (Å²) in [5.41, 5.74) is 6.10. The van der Waals surface area contributed by atoms with Gasteiger partial charge in [-0.05, 0) is 24.6 Å². The van der Waals surface area contributed by atoms with Crippen LogP contribution in [0.4, 0.5) is 0 Å². The number of halogens is 2. The van der Waals surface area contributed by atoms with Crippen molar-refractivity contribution in [3.05, 3.63) is 33.3 Å². The number of carbonyl (C=O) groups is 1. The largest absolute Gasteiger partial charge is 0.370 e. The number of rotatable bonds is 5. The third-order valence-corrected chi connectivity index (χ3v) is 3.01. The first-order valence-electron chi connectivity index (χ1n) is 4.94. The van der Waals surface area contributed by atoms with Gasteiger partial charge in [0, 0.05) is 28.5 Å². The molecule has 5 heteroatoms. The van der Waals surface area contributed by atoms with Gasteiger partial charge in [0.2, 0.25) is 5.91 Å². The molecule has 3 nitrogen and oxygen atoms in total. The normalized spacial score (nSPS) is 12.4. The zero-order valence-electron chi connectivity index (χ0n) is 8.97. The Labute approximate surface area is 108 Å². The van der Waals surface area contributed by atoms with E-state index in [4.69, 9.17) is 17.3 Å². The molecule has 0 spiro atoms. The first kappa shape index (κ1) is 13.5. The lowest BCUT2D eigenvalue weighted by Gasteiger charge is -2.12. The molecule has 16 heavy (non-hydrogen) atoms. The predicted molar refractivity (Wildman–Crippen MR) is 69.3 cm³/mol. The highest BCUT2D eigenvalue weighted by molar-refractivity contribution is 9.10. The SMILES string of the molecule is CC(CC(N)=O)NCc1ccc(Br)cc1Cl. The Bertz CT molecular complexity index is 384. The summed E-state index contributed by atoms with van der Waals surface area (Å²) in [6, 6.07) is 5.77. The second-order valence-corrected chi connectivity index (χ2v) is 5.01. The molecule has 0 bridgehead atoms. The number of amides is 1. The fourth-order valence-electron chi connectivity index (χ4n) is 1.32. The van der Waals surface area contributed by atoms with E-state index >= 15 is 0 Å². The highest BCUT2D eigenvalue weighted by Gasteiger charge is 2.06. The second kappa shape index (κ2) is 6.23. The third-order valence-electron chi connectivity index (χ3n) is 2.16. The number of carbonyl (C=O) groups excluding carboxylic acids is 1. The average Bonchev–Trinajstić information content (AvgIpc) is 2.15. The van der Waals surface area contributed by atoms with Crippen molar-refractivity contribution < 1.29 is 4.79 Å². The smallest absolute Gasteiger partial charge is 0.218 e. The highest BCUT2D eigenvalue weighted by atomic mass is 79.9. The van der Waals surface area contributed by atoms with Crippen molar-refractivity contribution in [1.82, 2.24) is 5.32 Å². The van der Waals surface area contributed by atoms with Crippen LogP contribution in [0.3, 0.4) is 0 Å². The lowest BCUT2D eigenvalue weighted by Crippen LogP contribution is -2.30. The summed E-state index contributed by atoms with van der Waals surface area (Å²) >= 11 is 9.40. The lowest BCUT2D eigenvalue weighted by molar-refractivity contribution is -0.118. The molecule has 1 amide bonds. The van der Waals surface area contributed by atoms with E-state index in [1.165, 1.54) is 0 Å². The quantitative estimate of drug-likeness (QED) is 0.878. The zero-order valence-corrected chi connectivity index (χ0v) is 11.3. The van der Waals surface area contributed by atoms with Gasteiger partial charge in [0.15, 0.2) is 0 Å². The number of benzene rings is 1. The molecule has 1 atom stereocenters. The monoisotopic (exact) mass is 304 g/mol. The topological polar surface area (TPSA) is 55.1 Å². The van der Waals surface area contributed by atoms with Crippen LogP contribution in [0, 0.1) is 0 Å². The summed E-state index contributed by atoms with van der Waals surface area (Å²) in [5.74, 6) is -0.304. The van der Waals surface area contributed by atoms with Crippen LogP contribution in [0.2, 0.25) is 5.02 Å². The molecule has 88 valence electrons. The lowest BCUT2D eigenvalue weighted by atomic mass is 10.2. The van der Waals surface area contributed by atoms with Gasteiger partial charge in [-0.15, -0.1) is 0 Å². The van der Waals surface area contributed by atoms with Crippen molar-refractivity contribution in [2.45, 2.75) is 25.9 Å². The van der Waals surface area contributed by atoms with Crippen LogP contribution >= 0.6 is 27.5 Å². The molecule has 0 aliphatic rings. The van der Waals surface area contributed by atoms with Crippen LogP contribution in [-0.4, -0.2) is 11.9 Å². The summed E-state index contributed by atoms with van der Waals surface area (Å²) < 4.78 is 0.950. The van der Waals surface area contributed by atoms with Crippen molar-refractivity contribution in [1.29, 1.82) is 0 Å². The van der Waals surface area contributed by atoms with Gasteiger partial charge >= 0.3 is 0 Å². The molecule has 1 aromatic rings. The maximum absolute atomic E-state index is 10.7. The van der Waals surface area contributed by atoms with E-state index in [1.807, 2.05) is 25.1 Å². The Morgan fingerprint density at radius 2 is 2.31 bits per heavy atom. The molecule has 0 fully saturated rings. The molecule has 0 saturated heterocycles. The third kappa shape index (κ3) is 4.51. The zero-order chi connectivity index (χ0) is 12.1. The molecule has 0 aliphatic carbocycles. The van der Waals surface area contributed by atoms with E-state index in [2.05, 4.69) is 21.2 Å². The van der Waals surface area contributed by atoms with Crippen molar-refractivity contribution in [2.24, 2.45) is 5.73 Å². The highest BCUT2D eigenvalue weighted by Crippen LogP contribution is 2.21. The van der Waals surface area contributed by atoms with Gasteiger partial charge in [-0.2, -0.15) is 0 Å². The molecule has 0 radical (unpaired) electrons. The molecule has 1 rings (SSSR count). The number of primary amides is 1. The first-order valence-corrected chi connectivity index (χ1v) is 6.11. The van der Waals surface area contributed by atoms with Crippen LogP contribution in [0.1, 0.15) is 18.9 Å². The van der Waals surface area contributed by atoms with Crippen molar-refractivity contribution in [3.63, 3.8) is 0 Å². The number of nitrogens with two attached hydrogens (primary N) is 1. The Balaban J connectivity index is 2.51. The fraction of sp³-hybridized carbons (Fsp3) is 0.364. The second-order valence-electron chi connectivity index (χ2n) is 3.69. The predicted octanol–water partition coefficient (Wildman–Crippen LogP) is 2.46. The van der Waals surface area contributed by atoms with Crippen LogP contribution in [-0.2, 0) is 11.3 Å². The Kier molecular flexibility index (Phi) is 5.25.